The van der Waals surface area contributed by atoms with Crippen molar-refractivity contribution in [2.75, 3.05) is 0 Å². The first kappa shape index (κ1) is 15.1. The van der Waals surface area contributed by atoms with Gasteiger partial charge in [0.2, 0.25) is 10.0 Å². The number of aromatic nitrogens is 1. The molecule has 1 aromatic carbocycles. The molecule has 3 rings (SSSR count). The number of benzene rings is 1. The first-order chi connectivity index (χ1) is 10.5. The van der Waals surface area contributed by atoms with Crippen LogP contribution in [0.4, 0.5) is 4.39 Å². The summed E-state index contributed by atoms with van der Waals surface area (Å²) in [5, 5.41) is 0. The first-order valence-electron chi connectivity index (χ1n) is 7.15. The molecule has 116 valence electrons. The second-order valence-electron chi connectivity index (χ2n) is 5.64. The van der Waals surface area contributed by atoms with E-state index in [9.17, 15) is 12.8 Å². The highest BCUT2D eigenvalue weighted by atomic mass is 32.2. The van der Waals surface area contributed by atoms with E-state index in [-0.39, 0.29) is 11.4 Å². The molecule has 1 heterocycles. The van der Waals surface area contributed by atoms with Crippen molar-refractivity contribution in [3.05, 3.63) is 59.2 Å². The first-order valence-corrected chi connectivity index (χ1v) is 8.64. The van der Waals surface area contributed by atoms with Crippen molar-refractivity contribution in [1.29, 1.82) is 0 Å². The predicted molar refractivity (Wildman–Crippen MR) is 81.4 cm³/mol. The second kappa shape index (κ2) is 5.78. The molecule has 1 aliphatic carbocycles. The number of sulfonamides is 1. The molecule has 4 nitrogen and oxygen atoms in total. The highest BCUT2D eigenvalue weighted by Crippen LogP contribution is 2.39. The van der Waals surface area contributed by atoms with E-state index in [4.69, 9.17) is 0 Å². The average Bonchev–Trinajstić information content (AvgIpc) is 3.33. The topological polar surface area (TPSA) is 59.1 Å². The molecule has 1 saturated carbocycles. The summed E-state index contributed by atoms with van der Waals surface area (Å²) in [6.07, 6.45) is 5.83. The Hall–Kier alpha value is -1.79. The van der Waals surface area contributed by atoms with Crippen LogP contribution in [0, 0.1) is 12.7 Å². The smallest absolute Gasteiger partial charge is 0.240 e. The molecular formula is C16H17FN2O2S. The summed E-state index contributed by atoms with van der Waals surface area (Å²) in [6, 6.07) is 5.75. The van der Waals surface area contributed by atoms with Gasteiger partial charge >= 0.3 is 0 Å². The fraction of sp³-hybridized carbons (Fsp3) is 0.312. The van der Waals surface area contributed by atoms with Crippen molar-refractivity contribution in [2.24, 2.45) is 0 Å². The molecule has 0 spiro atoms. The molecule has 22 heavy (non-hydrogen) atoms. The van der Waals surface area contributed by atoms with E-state index in [0.29, 0.717) is 11.5 Å². The van der Waals surface area contributed by atoms with Gasteiger partial charge in [-0.05, 0) is 60.6 Å². The van der Waals surface area contributed by atoms with Gasteiger partial charge in [0.15, 0.2) is 0 Å². The molecule has 0 amide bonds. The monoisotopic (exact) mass is 320 g/mol. The highest BCUT2D eigenvalue weighted by molar-refractivity contribution is 7.89. The van der Waals surface area contributed by atoms with Crippen molar-refractivity contribution in [2.45, 2.75) is 37.1 Å². The summed E-state index contributed by atoms with van der Waals surface area (Å²) < 4.78 is 40.3. The zero-order valence-electron chi connectivity index (χ0n) is 12.2. The van der Waals surface area contributed by atoms with Gasteiger partial charge in [-0.15, -0.1) is 0 Å². The van der Waals surface area contributed by atoms with Crippen molar-refractivity contribution in [3.8, 4) is 0 Å². The summed E-state index contributed by atoms with van der Waals surface area (Å²) in [4.78, 5) is 4.23. The lowest BCUT2D eigenvalue weighted by Crippen LogP contribution is -2.23. The summed E-state index contributed by atoms with van der Waals surface area (Å²) in [7, 11) is -3.66. The number of nitrogens with one attached hydrogen (secondary N) is 1. The Morgan fingerprint density at radius 2 is 2.05 bits per heavy atom. The lowest BCUT2D eigenvalue weighted by atomic mass is 10.1. The number of hydrogen-bond acceptors (Lipinski definition) is 3. The van der Waals surface area contributed by atoms with Crippen molar-refractivity contribution in [3.63, 3.8) is 0 Å². The van der Waals surface area contributed by atoms with Gasteiger partial charge in [0.05, 0.1) is 4.90 Å². The molecule has 0 saturated heterocycles. The Morgan fingerprint density at radius 3 is 2.73 bits per heavy atom. The third kappa shape index (κ3) is 3.34. The minimum atomic E-state index is -3.66. The van der Waals surface area contributed by atoms with E-state index in [1.165, 1.54) is 38.0 Å². The lowest BCUT2D eigenvalue weighted by Gasteiger charge is -2.08. The van der Waals surface area contributed by atoms with Gasteiger partial charge in [-0.2, -0.15) is 0 Å². The lowest BCUT2D eigenvalue weighted by molar-refractivity contribution is 0.579. The predicted octanol–water partition coefficient (Wildman–Crippen LogP) is 2.89. The molecule has 0 bridgehead atoms. The third-order valence-electron chi connectivity index (χ3n) is 3.77. The maximum absolute atomic E-state index is 13.2. The van der Waals surface area contributed by atoms with Crippen LogP contribution >= 0.6 is 0 Å². The molecule has 1 aliphatic rings. The Labute approximate surface area is 129 Å². The van der Waals surface area contributed by atoms with Crippen molar-refractivity contribution >= 4 is 10.0 Å². The minimum Gasteiger partial charge on any atom is -0.264 e. The SMILES string of the molecule is Cc1cc(S(=O)(=O)NCc2cncc(C3CC3)c2)ccc1F. The van der Waals surface area contributed by atoms with Crippen LogP contribution in [0.3, 0.4) is 0 Å². The number of halogens is 1. The Kier molecular flexibility index (Phi) is 3.97. The van der Waals surface area contributed by atoms with Gasteiger partial charge in [0.25, 0.3) is 0 Å². The molecule has 1 fully saturated rings. The van der Waals surface area contributed by atoms with Crippen LogP contribution in [0.15, 0.2) is 41.6 Å². The summed E-state index contributed by atoms with van der Waals surface area (Å²) in [5.41, 5.74) is 2.29. The Bertz CT molecular complexity index is 802. The maximum Gasteiger partial charge on any atom is 0.240 e. The van der Waals surface area contributed by atoms with Gasteiger partial charge < -0.3 is 0 Å². The molecule has 6 heteroatoms. The second-order valence-corrected chi connectivity index (χ2v) is 7.40. The zero-order chi connectivity index (χ0) is 15.7. The molecule has 1 aromatic heterocycles. The van der Waals surface area contributed by atoms with Gasteiger partial charge in [-0.3, -0.25) is 4.98 Å². The van der Waals surface area contributed by atoms with Crippen molar-refractivity contribution < 1.29 is 12.8 Å². The Balaban J connectivity index is 1.74. The molecule has 0 aliphatic heterocycles. The van der Waals surface area contributed by atoms with Crippen LogP contribution < -0.4 is 4.72 Å². The molecular weight excluding hydrogens is 303 g/mol. The van der Waals surface area contributed by atoms with Crippen LogP contribution in [-0.2, 0) is 16.6 Å². The molecule has 0 unspecified atom stereocenters. The van der Waals surface area contributed by atoms with Crippen molar-refractivity contribution in [1.82, 2.24) is 9.71 Å². The number of hydrogen-bond donors (Lipinski definition) is 1. The normalized spacial score (nSPS) is 15.0. The highest BCUT2D eigenvalue weighted by Gasteiger charge is 2.24. The largest absolute Gasteiger partial charge is 0.264 e. The molecule has 0 atom stereocenters. The van der Waals surface area contributed by atoms with Gasteiger partial charge in [0.1, 0.15) is 5.82 Å². The summed E-state index contributed by atoms with van der Waals surface area (Å²) in [5.74, 6) is 0.157. The number of nitrogens with zero attached hydrogens (tertiary/aromatic N) is 1. The summed E-state index contributed by atoms with van der Waals surface area (Å²) in [6.45, 7) is 1.71. The Morgan fingerprint density at radius 1 is 1.27 bits per heavy atom. The number of aryl methyl sites for hydroxylation is 1. The van der Waals surface area contributed by atoms with Crippen LogP contribution in [-0.4, -0.2) is 13.4 Å². The van der Waals surface area contributed by atoms with E-state index in [0.717, 1.165) is 11.1 Å². The number of rotatable bonds is 5. The molecule has 2 aromatic rings. The maximum atomic E-state index is 13.2. The number of pyridine rings is 1. The van der Waals surface area contributed by atoms with Gasteiger partial charge in [0, 0.05) is 18.9 Å². The van der Waals surface area contributed by atoms with E-state index >= 15 is 0 Å². The fourth-order valence-corrected chi connectivity index (χ4v) is 3.39. The summed E-state index contributed by atoms with van der Waals surface area (Å²) >= 11 is 0. The molecule has 0 radical (unpaired) electrons. The minimum absolute atomic E-state index is 0.0673. The zero-order valence-corrected chi connectivity index (χ0v) is 13.0. The van der Waals surface area contributed by atoms with E-state index in [2.05, 4.69) is 9.71 Å². The molecule has 1 N–H and O–H groups in total. The van der Waals surface area contributed by atoms with E-state index < -0.39 is 15.8 Å². The van der Waals surface area contributed by atoms with Crippen LogP contribution in [0.25, 0.3) is 0 Å². The van der Waals surface area contributed by atoms with Gasteiger partial charge in [-0.1, -0.05) is 6.07 Å². The fourth-order valence-electron chi connectivity index (χ4n) is 2.29. The quantitative estimate of drug-likeness (QED) is 0.921. The van der Waals surface area contributed by atoms with Crippen LogP contribution in [0.2, 0.25) is 0 Å². The van der Waals surface area contributed by atoms with E-state index in [1.54, 1.807) is 6.20 Å². The van der Waals surface area contributed by atoms with Gasteiger partial charge in [-0.25, -0.2) is 17.5 Å². The standard InChI is InChI=1S/C16H17FN2O2S/c1-11-6-15(4-5-16(11)17)22(20,21)19-9-12-7-14(10-18-8-12)13-2-3-13/h4-8,10,13,19H,2-3,9H2,1H3. The average molecular weight is 320 g/mol. The third-order valence-corrected chi connectivity index (χ3v) is 5.17. The van der Waals surface area contributed by atoms with Crippen LogP contribution in [0.5, 0.6) is 0 Å². The van der Waals surface area contributed by atoms with Crippen LogP contribution in [0.1, 0.15) is 35.4 Å². The van der Waals surface area contributed by atoms with E-state index in [1.807, 2.05) is 12.3 Å².